The average Bonchev–Trinajstić information content (AvgIpc) is 2.92. The van der Waals surface area contributed by atoms with Gasteiger partial charge in [-0.3, -0.25) is 14.2 Å². The summed E-state index contributed by atoms with van der Waals surface area (Å²) in [6, 6.07) is 1.88. The number of hydrogen-bond donors (Lipinski definition) is 1. The Kier molecular flexibility index (Phi) is 3.45. The molecule has 2 rings (SSSR count). The highest BCUT2D eigenvalue weighted by molar-refractivity contribution is 5.94. The minimum atomic E-state index is -0.103. The van der Waals surface area contributed by atoms with Crippen molar-refractivity contribution >= 4 is 5.91 Å². The highest BCUT2D eigenvalue weighted by Crippen LogP contribution is 2.06. The molecule has 2 aromatic rings. The van der Waals surface area contributed by atoms with Gasteiger partial charge in [0.2, 0.25) is 0 Å². The Balaban J connectivity index is 2.03. The van der Waals surface area contributed by atoms with E-state index >= 15 is 0 Å². The van der Waals surface area contributed by atoms with Crippen LogP contribution in [-0.4, -0.2) is 25.5 Å². The SMILES string of the molecule is CCn1cc(C(=O)NCc2ccnn2C)c(C)n1. The molecule has 0 atom stereocenters. The van der Waals surface area contributed by atoms with Crippen LogP contribution in [0.2, 0.25) is 0 Å². The number of nitrogens with one attached hydrogen (secondary N) is 1. The molecule has 0 saturated heterocycles. The molecule has 0 unspecified atom stereocenters. The highest BCUT2D eigenvalue weighted by Gasteiger charge is 2.13. The van der Waals surface area contributed by atoms with Crippen molar-refractivity contribution < 1.29 is 4.79 Å². The number of nitrogens with zero attached hydrogens (tertiary/aromatic N) is 4. The van der Waals surface area contributed by atoms with Crippen molar-refractivity contribution in [2.45, 2.75) is 26.9 Å². The van der Waals surface area contributed by atoms with Crippen molar-refractivity contribution in [2.75, 3.05) is 0 Å². The molecule has 0 aliphatic carbocycles. The zero-order valence-corrected chi connectivity index (χ0v) is 10.8. The summed E-state index contributed by atoms with van der Waals surface area (Å²) in [6.07, 6.45) is 3.48. The lowest BCUT2D eigenvalue weighted by molar-refractivity contribution is 0.0949. The number of carbonyl (C=O) groups excluding carboxylic acids is 1. The summed E-state index contributed by atoms with van der Waals surface area (Å²) in [4.78, 5) is 12.0. The molecule has 6 nitrogen and oxygen atoms in total. The lowest BCUT2D eigenvalue weighted by atomic mass is 10.2. The molecule has 0 bridgehead atoms. The van der Waals surface area contributed by atoms with Crippen molar-refractivity contribution in [3.8, 4) is 0 Å². The lowest BCUT2D eigenvalue weighted by Crippen LogP contribution is -2.24. The molecule has 0 saturated carbocycles. The summed E-state index contributed by atoms with van der Waals surface area (Å²) >= 11 is 0. The monoisotopic (exact) mass is 247 g/mol. The summed E-state index contributed by atoms with van der Waals surface area (Å²) < 4.78 is 3.50. The Morgan fingerprint density at radius 1 is 1.50 bits per heavy atom. The first kappa shape index (κ1) is 12.3. The second-order valence-corrected chi connectivity index (χ2v) is 4.11. The van der Waals surface area contributed by atoms with Crippen LogP contribution in [0.1, 0.15) is 28.7 Å². The van der Waals surface area contributed by atoms with E-state index in [4.69, 9.17) is 0 Å². The van der Waals surface area contributed by atoms with Gasteiger partial charge in [0, 0.05) is 26.0 Å². The number of hydrogen-bond acceptors (Lipinski definition) is 3. The molecule has 0 fully saturated rings. The summed E-state index contributed by atoms with van der Waals surface area (Å²) in [7, 11) is 1.85. The summed E-state index contributed by atoms with van der Waals surface area (Å²) in [6.45, 7) is 5.05. The topological polar surface area (TPSA) is 64.7 Å². The third kappa shape index (κ3) is 2.42. The van der Waals surface area contributed by atoms with Gasteiger partial charge < -0.3 is 5.32 Å². The van der Waals surface area contributed by atoms with Gasteiger partial charge in [0.05, 0.1) is 23.5 Å². The van der Waals surface area contributed by atoms with Gasteiger partial charge in [-0.1, -0.05) is 0 Å². The third-order valence-electron chi connectivity index (χ3n) is 2.87. The van der Waals surface area contributed by atoms with Gasteiger partial charge in [0.15, 0.2) is 0 Å². The molecule has 2 heterocycles. The lowest BCUT2D eigenvalue weighted by Gasteiger charge is -2.04. The van der Waals surface area contributed by atoms with E-state index in [0.29, 0.717) is 12.1 Å². The summed E-state index contributed by atoms with van der Waals surface area (Å²) in [5.74, 6) is -0.103. The number of amides is 1. The standard InChI is InChI=1S/C12H17N5O/c1-4-17-8-11(9(2)15-17)12(18)13-7-10-5-6-14-16(10)3/h5-6,8H,4,7H2,1-3H3,(H,13,18). The molecule has 0 radical (unpaired) electrons. The maximum Gasteiger partial charge on any atom is 0.255 e. The highest BCUT2D eigenvalue weighted by atomic mass is 16.1. The predicted octanol–water partition coefficient (Wildman–Crippen LogP) is 0.875. The van der Waals surface area contributed by atoms with E-state index in [1.54, 1.807) is 21.8 Å². The van der Waals surface area contributed by atoms with Gasteiger partial charge in [-0.25, -0.2) is 0 Å². The molecule has 0 aliphatic heterocycles. The second-order valence-electron chi connectivity index (χ2n) is 4.11. The van der Waals surface area contributed by atoms with E-state index < -0.39 is 0 Å². The summed E-state index contributed by atoms with van der Waals surface area (Å²) in [5, 5.41) is 11.2. The first-order valence-corrected chi connectivity index (χ1v) is 5.91. The molecular weight excluding hydrogens is 230 g/mol. The Hall–Kier alpha value is -2.11. The van der Waals surface area contributed by atoms with E-state index in [1.807, 2.05) is 27.0 Å². The molecular formula is C12H17N5O. The fourth-order valence-corrected chi connectivity index (χ4v) is 1.74. The van der Waals surface area contributed by atoms with Crippen molar-refractivity contribution in [1.29, 1.82) is 0 Å². The zero-order valence-electron chi connectivity index (χ0n) is 10.8. The first-order valence-electron chi connectivity index (χ1n) is 5.91. The normalized spacial score (nSPS) is 10.6. The number of aromatic nitrogens is 4. The quantitative estimate of drug-likeness (QED) is 0.872. The fourth-order valence-electron chi connectivity index (χ4n) is 1.74. The van der Waals surface area contributed by atoms with Crippen LogP contribution in [0.25, 0.3) is 0 Å². The Labute approximate surface area is 106 Å². The van der Waals surface area contributed by atoms with Gasteiger partial charge in [-0.2, -0.15) is 10.2 Å². The van der Waals surface area contributed by atoms with E-state index in [2.05, 4.69) is 15.5 Å². The molecule has 6 heteroatoms. The predicted molar refractivity (Wildman–Crippen MR) is 67.0 cm³/mol. The van der Waals surface area contributed by atoms with E-state index in [0.717, 1.165) is 17.9 Å². The smallest absolute Gasteiger partial charge is 0.255 e. The van der Waals surface area contributed by atoms with E-state index in [1.165, 1.54) is 0 Å². The second kappa shape index (κ2) is 5.03. The largest absolute Gasteiger partial charge is 0.346 e. The van der Waals surface area contributed by atoms with Gasteiger partial charge in [0.1, 0.15) is 0 Å². The first-order chi connectivity index (χ1) is 8.61. The van der Waals surface area contributed by atoms with Gasteiger partial charge in [0.25, 0.3) is 5.91 Å². The number of carbonyl (C=O) groups is 1. The minimum absolute atomic E-state index is 0.103. The van der Waals surface area contributed by atoms with Crippen molar-refractivity contribution in [3.63, 3.8) is 0 Å². The van der Waals surface area contributed by atoms with Crippen molar-refractivity contribution in [2.24, 2.45) is 7.05 Å². The van der Waals surface area contributed by atoms with Crippen molar-refractivity contribution in [3.05, 3.63) is 35.4 Å². The molecule has 0 spiro atoms. The molecule has 0 aromatic carbocycles. The average molecular weight is 247 g/mol. The molecule has 18 heavy (non-hydrogen) atoms. The van der Waals surface area contributed by atoms with E-state index in [-0.39, 0.29) is 5.91 Å². The van der Waals surface area contributed by atoms with Crippen molar-refractivity contribution in [1.82, 2.24) is 24.9 Å². The molecule has 1 amide bonds. The van der Waals surface area contributed by atoms with Crippen LogP contribution in [0.5, 0.6) is 0 Å². The van der Waals surface area contributed by atoms with Gasteiger partial charge in [-0.05, 0) is 19.9 Å². The third-order valence-corrected chi connectivity index (χ3v) is 2.87. The van der Waals surface area contributed by atoms with Crippen LogP contribution in [0.4, 0.5) is 0 Å². The maximum absolute atomic E-state index is 12.0. The Morgan fingerprint density at radius 2 is 2.28 bits per heavy atom. The van der Waals surface area contributed by atoms with Crippen LogP contribution in [-0.2, 0) is 20.1 Å². The summed E-state index contributed by atoms with van der Waals surface area (Å²) in [5.41, 5.74) is 2.34. The Bertz CT molecular complexity index is 555. The van der Waals surface area contributed by atoms with Gasteiger partial charge in [-0.15, -0.1) is 0 Å². The van der Waals surface area contributed by atoms with Crippen LogP contribution in [0, 0.1) is 6.92 Å². The zero-order chi connectivity index (χ0) is 13.1. The fraction of sp³-hybridized carbons (Fsp3) is 0.417. The molecule has 1 N–H and O–H groups in total. The minimum Gasteiger partial charge on any atom is -0.346 e. The van der Waals surface area contributed by atoms with Crippen LogP contribution in [0.15, 0.2) is 18.5 Å². The molecule has 0 aliphatic rings. The number of aryl methyl sites for hydroxylation is 3. The van der Waals surface area contributed by atoms with Crippen LogP contribution >= 0.6 is 0 Å². The Morgan fingerprint density at radius 3 is 2.83 bits per heavy atom. The van der Waals surface area contributed by atoms with Gasteiger partial charge >= 0.3 is 0 Å². The van der Waals surface area contributed by atoms with E-state index in [9.17, 15) is 4.79 Å². The molecule has 96 valence electrons. The number of rotatable bonds is 4. The van der Waals surface area contributed by atoms with Crippen LogP contribution in [0.3, 0.4) is 0 Å². The molecule has 2 aromatic heterocycles. The van der Waals surface area contributed by atoms with Crippen LogP contribution < -0.4 is 5.32 Å². The maximum atomic E-state index is 12.0.